The first-order chi connectivity index (χ1) is 11.0. The fraction of sp³-hybridized carbons (Fsp3) is 0.222. The molecule has 0 radical (unpaired) electrons. The molecule has 0 aliphatic carbocycles. The van der Waals surface area contributed by atoms with Gasteiger partial charge in [-0.05, 0) is 35.4 Å². The zero-order chi connectivity index (χ0) is 16.4. The van der Waals surface area contributed by atoms with Crippen LogP contribution in [-0.2, 0) is 14.3 Å². The Morgan fingerprint density at radius 2 is 1.09 bits per heavy atom. The third-order valence-electron chi connectivity index (χ3n) is 3.43. The summed E-state index contributed by atoms with van der Waals surface area (Å²) >= 11 is 0. The SMILES string of the molecule is CC(=O)Oc1ccc([C@@H]2O[C@H]2c2ccc(OC(C)=O)cc2)cc1. The maximum atomic E-state index is 10.9. The Morgan fingerprint density at radius 3 is 1.39 bits per heavy atom. The maximum Gasteiger partial charge on any atom is 0.308 e. The zero-order valence-electron chi connectivity index (χ0n) is 12.8. The van der Waals surface area contributed by atoms with Crippen molar-refractivity contribution in [3.8, 4) is 11.5 Å². The lowest BCUT2D eigenvalue weighted by molar-refractivity contribution is -0.132. The predicted octanol–water partition coefficient (Wildman–Crippen LogP) is 3.35. The van der Waals surface area contributed by atoms with Crippen molar-refractivity contribution in [1.29, 1.82) is 0 Å². The molecule has 2 aromatic rings. The van der Waals surface area contributed by atoms with E-state index in [1.165, 1.54) is 13.8 Å². The van der Waals surface area contributed by atoms with Gasteiger partial charge in [0.05, 0.1) is 0 Å². The highest BCUT2D eigenvalue weighted by Gasteiger charge is 2.41. The van der Waals surface area contributed by atoms with Gasteiger partial charge in [-0.3, -0.25) is 9.59 Å². The standard InChI is InChI=1S/C18H16O5/c1-11(19)21-15-7-3-13(4-8-15)17-18(23-17)14-5-9-16(10-6-14)22-12(2)20/h3-10,17-18H,1-2H3/t17-,18-/m0/s1. The van der Waals surface area contributed by atoms with E-state index in [9.17, 15) is 9.59 Å². The van der Waals surface area contributed by atoms with Crippen molar-refractivity contribution in [1.82, 2.24) is 0 Å². The molecule has 0 N–H and O–H groups in total. The Kier molecular flexibility index (Phi) is 4.12. The van der Waals surface area contributed by atoms with Gasteiger partial charge >= 0.3 is 11.9 Å². The second-order valence-electron chi connectivity index (χ2n) is 5.30. The molecule has 5 nitrogen and oxygen atoms in total. The Bertz CT molecular complexity index is 655. The van der Waals surface area contributed by atoms with E-state index < -0.39 is 0 Å². The number of hydrogen-bond acceptors (Lipinski definition) is 5. The summed E-state index contributed by atoms with van der Waals surface area (Å²) in [4.78, 5) is 21.8. The lowest BCUT2D eigenvalue weighted by atomic mass is 10.0. The number of epoxide rings is 1. The van der Waals surface area contributed by atoms with Crippen LogP contribution in [0, 0.1) is 0 Å². The number of rotatable bonds is 4. The third-order valence-corrected chi connectivity index (χ3v) is 3.43. The molecule has 1 aliphatic heterocycles. The second kappa shape index (κ2) is 6.22. The summed E-state index contributed by atoms with van der Waals surface area (Å²) in [7, 11) is 0. The number of hydrogen-bond donors (Lipinski definition) is 0. The van der Waals surface area contributed by atoms with Crippen LogP contribution in [0.25, 0.3) is 0 Å². The summed E-state index contributed by atoms with van der Waals surface area (Å²) in [6, 6.07) is 14.5. The molecule has 1 saturated heterocycles. The number of benzene rings is 2. The molecule has 0 amide bonds. The van der Waals surface area contributed by atoms with Crippen LogP contribution in [0.4, 0.5) is 0 Å². The van der Waals surface area contributed by atoms with E-state index in [2.05, 4.69) is 0 Å². The van der Waals surface area contributed by atoms with Gasteiger partial charge in [-0.1, -0.05) is 24.3 Å². The third kappa shape index (κ3) is 3.76. The largest absolute Gasteiger partial charge is 0.427 e. The average molecular weight is 312 g/mol. The number of ether oxygens (including phenoxy) is 3. The predicted molar refractivity (Wildman–Crippen MR) is 82.1 cm³/mol. The van der Waals surface area contributed by atoms with Gasteiger partial charge in [0.15, 0.2) is 0 Å². The second-order valence-corrected chi connectivity index (χ2v) is 5.30. The van der Waals surface area contributed by atoms with E-state index >= 15 is 0 Å². The highest BCUT2D eigenvalue weighted by atomic mass is 16.6. The van der Waals surface area contributed by atoms with Crippen LogP contribution in [0.5, 0.6) is 11.5 Å². The van der Waals surface area contributed by atoms with Gasteiger partial charge in [0.2, 0.25) is 0 Å². The molecule has 0 saturated carbocycles. The maximum absolute atomic E-state index is 10.9. The van der Waals surface area contributed by atoms with Crippen LogP contribution in [0.15, 0.2) is 48.5 Å². The lowest BCUT2D eigenvalue weighted by Crippen LogP contribution is -2.01. The molecule has 5 heteroatoms. The van der Waals surface area contributed by atoms with Crippen molar-refractivity contribution >= 4 is 11.9 Å². The molecule has 23 heavy (non-hydrogen) atoms. The van der Waals surface area contributed by atoms with Crippen LogP contribution in [0.3, 0.4) is 0 Å². The molecular weight excluding hydrogens is 296 g/mol. The van der Waals surface area contributed by atoms with Gasteiger partial charge in [0, 0.05) is 13.8 Å². The Balaban J connectivity index is 1.64. The van der Waals surface area contributed by atoms with Crippen molar-refractivity contribution in [2.75, 3.05) is 0 Å². The highest BCUT2D eigenvalue weighted by molar-refractivity contribution is 5.69. The Morgan fingerprint density at radius 1 is 0.739 bits per heavy atom. The fourth-order valence-corrected chi connectivity index (χ4v) is 2.40. The van der Waals surface area contributed by atoms with Crippen molar-refractivity contribution in [2.24, 2.45) is 0 Å². The van der Waals surface area contributed by atoms with Gasteiger partial charge in [-0.15, -0.1) is 0 Å². The quantitative estimate of drug-likeness (QED) is 0.492. The zero-order valence-corrected chi connectivity index (χ0v) is 12.8. The summed E-state index contributed by atoms with van der Waals surface area (Å²) in [6.07, 6.45) is -0.0260. The molecule has 0 aromatic heterocycles. The average Bonchev–Trinajstić information content (AvgIpc) is 3.28. The first-order valence-electron chi connectivity index (χ1n) is 7.25. The summed E-state index contributed by atoms with van der Waals surface area (Å²) in [6.45, 7) is 2.74. The number of carbonyl (C=O) groups excluding carboxylic acids is 2. The smallest absolute Gasteiger partial charge is 0.308 e. The van der Waals surface area contributed by atoms with E-state index in [1.54, 1.807) is 24.3 Å². The molecule has 2 aromatic carbocycles. The molecule has 0 spiro atoms. The van der Waals surface area contributed by atoms with Crippen LogP contribution in [-0.4, -0.2) is 11.9 Å². The van der Waals surface area contributed by atoms with Crippen molar-refractivity contribution < 1.29 is 23.8 Å². The first kappa shape index (κ1) is 15.2. The van der Waals surface area contributed by atoms with Crippen molar-refractivity contribution in [2.45, 2.75) is 26.1 Å². The van der Waals surface area contributed by atoms with Crippen LogP contribution in [0.2, 0.25) is 0 Å². The number of carbonyl (C=O) groups is 2. The van der Waals surface area contributed by atoms with Gasteiger partial charge in [-0.25, -0.2) is 0 Å². The van der Waals surface area contributed by atoms with Crippen LogP contribution >= 0.6 is 0 Å². The van der Waals surface area contributed by atoms with E-state index in [1.807, 2.05) is 24.3 Å². The van der Waals surface area contributed by atoms with Crippen molar-refractivity contribution in [3.05, 3.63) is 59.7 Å². The summed E-state index contributed by atoms with van der Waals surface area (Å²) in [5, 5.41) is 0. The van der Waals surface area contributed by atoms with E-state index in [-0.39, 0.29) is 24.1 Å². The minimum atomic E-state index is -0.342. The van der Waals surface area contributed by atoms with Gasteiger partial charge in [0.25, 0.3) is 0 Å². The normalized spacial score (nSPS) is 19.0. The van der Waals surface area contributed by atoms with E-state index in [0.29, 0.717) is 11.5 Å². The number of esters is 2. The summed E-state index contributed by atoms with van der Waals surface area (Å²) in [5.74, 6) is 0.353. The lowest BCUT2D eigenvalue weighted by Gasteiger charge is -2.03. The molecule has 3 rings (SSSR count). The molecular formula is C18H16O5. The molecule has 0 unspecified atom stereocenters. The first-order valence-corrected chi connectivity index (χ1v) is 7.25. The van der Waals surface area contributed by atoms with Gasteiger partial charge < -0.3 is 14.2 Å². The van der Waals surface area contributed by atoms with Gasteiger partial charge in [0.1, 0.15) is 23.7 Å². The highest BCUT2D eigenvalue weighted by Crippen LogP contribution is 2.51. The fourth-order valence-electron chi connectivity index (χ4n) is 2.40. The Hall–Kier alpha value is -2.66. The molecule has 118 valence electrons. The van der Waals surface area contributed by atoms with Crippen LogP contribution < -0.4 is 9.47 Å². The molecule has 2 atom stereocenters. The molecule has 1 aliphatic rings. The van der Waals surface area contributed by atoms with Crippen molar-refractivity contribution in [3.63, 3.8) is 0 Å². The summed E-state index contributed by atoms with van der Waals surface area (Å²) < 4.78 is 15.7. The molecule has 0 bridgehead atoms. The summed E-state index contributed by atoms with van der Waals surface area (Å²) in [5.41, 5.74) is 2.05. The Labute approximate surface area is 133 Å². The van der Waals surface area contributed by atoms with E-state index in [0.717, 1.165) is 11.1 Å². The minimum absolute atomic E-state index is 0.0130. The van der Waals surface area contributed by atoms with E-state index in [4.69, 9.17) is 14.2 Å². The van der Waals surface area contributed by atoms with Crippen LogP contribution in [0.1, 0.15) is 37.2 Å². The molecule has 1 fully saturated rings. The van der Waals surface area contributed by atoms with Gasteiger partial charge in [-0.2, -0.15) is 0 Å². The monoisotopic (exact) mass is 312 g/mol. The molecule has 1 heterocycles. The topological polar surface area (TPSA) is 65.1 Å². The minimum Gasteiger partial charge on any atom is -0.427 e.